The fourth-order valence-electron chi connectivity index (χ4n) is 4.68. The standard InChI is InChI=1S/C27H29NO4/c1-16-5-7-18(3)20(13-16)15-23(30)32-25-24(22-14-17(2)6-8-19(22)4)26(31)28-27(25)11-9-21(29)10-12-27/h5-8,13-14H,9-12,15H2,1-4H3,(H,28,31). The van der Waals surface area contributed by atoms with Gasteiger partial charge in [0.1, 0.15) is 17.1 Å². The van der Waals surface area contributed by atoms with E-state index in [2.05, 4.69) is 5.32 Å². The Labute approximate surface area is 188 Å². The van der Waals surface area contributed by atoms with Gasteiger partial charge in [-0.05, 0) is 62.8 Å². The predicted octanol–water partition coefficient (Wildman–Crippen LogP) is 4.43. The fraction of sp³-hybridized carbons (Fsp3) is 0.370. The molecule has 2 aromatic rings. The lowest BCUT2D eigenvalue weighted by molar-refractivity contribution is -0.140. The maximum absolute atomic E-state index is 13.2. The van der Waals surface area contributed by atoms with Gasteiger partial charge in [0, 0.05) is 12.8 Å². The Hall–Kier alpha value is -3.21. The molecule has 1 aliphatic heterocycles. The molecular formula is C27H29NO4. The van der Waals surface area contributed by atoms with Crippen LogP contribution in [0.2, 0.25) is 0 Å². The van der Waals surface area contributed by atoms with Crippen molar-refractivity contribution in [1.29, 1.82) is 0 Å². The van der Waals surface area contributed by atoms with E-state index < -0.39 is 11.5 Å². The summed E-state index contributed by atoms with van der Waals surface area (Å²) in [6.07, 6.45) is 1.73. The second kappa shape index (κ2) is 8.38. The number of nitrogens with one attached hydrogen (secondary N) is 1. The van der Waals surface area contributed by atoms with E-state index >= 15 is 0 Å². The zero-order chi connectivity index (χ0) is 23.0. The summed E-state index contributed by atoms with van der Waals surface area (Å²) < 4.78 is 6.02. The molecule has 2 aliphatic rings. The van der Waals surface area contributed by atoms with Gasteiger partial charge in [0.25, 0.3) is 5.91 Å². The van der Waals surface area contributed by atoms with Crippen LogP contribution in [0.1, 0.15) is 59.1 Å². The minimum absolute atomic E-state index is 0.125. The van der Waals surface area contributed by atoms with Gasteiger partial charge in [0.05, 0.1) is 12.0 Å². The van der Waals surface area contributed by atoms with Crippen LogP contribution in [0.3, 0.4) is 0 Å². The van der Waals surface area contributed by atoms with E-state index in [1.54, 1.807) is 0 Å². The molecule has 5 nitrogen and oxygen atoms in total. The first-order valence-corrected chi connectivity index (χ1v) is 11.1. The van der Waals surface area contributed by atoms with Crippen LogP contribution in [-0.4, -0.2) is 23.2 Å². The van der Waals surface area contributed by atoms with Crippen LogP contribution in [0.25, 0.3) is 5.57 Å². The summed E-state index contributed by atoms with van der Waals surface area (Å²) >= 11 is 0. The summed E-state index contributed by atoms with van der Waals surface area (Å²) in [5.74, 6) is -0.100. The minimum Gasteiger partial charge on any atom is -0.427 e. The molecule has 4 rings (SSSR count). The number of amides is 1. The maximum atomic E-state index is 13.2. The number of carbonyl (C=O) groups excluding carboxylic acids is 3. The van der Waals surface area contributed by atoms with Gasteiger partial charge in [-0.1, -0.05) is 47.5 Å². The van der Waals surface area contributed by atoms with Gasteiger partial charge >= 0.3 is 5.97 Å². The maximum Gasteiger partial charge on any atom is 0.315 e. The van der Waals surface area contributed by atoms with Crippen molar-refractivity contribution in [2.75, 3.05) is 0 Å². The van der Waals surface area contributed by atoms with E-state index in [1.807, 2.05) is 64.1 Å². The number of benzene rings is 2. The number of hydrogen-bond acceptors (Lipinski definition) is 4. The quantitative estimate of drug-likeness (QED) is 0.727. The van der Waals surface area contributed by atoms with Crippen LogP contribution in [0.4, 0.5) is 0 Å². The number of esters is 1. The average Bonchev–Trinajstić information content (AvgIpc) is 2.99. The summed E-state index contributed by atoms with van der Waals surface area (Å²) in [4.78, 5) is 38.2. The molecule has 5 heteroatoms. The van der Waals surface area contributed by atoms with Gasteiger partial charge in [-0.25, -0.2) is 0 Å². The summed E-state index contributed by atoms with van der Waals surface area (Å²) in [6, 6.07) is 11.9. The zero-order valence-corrected chi connectivity index (χ0v) is 19.1. The lowest BCUT2D eigenvalue weighted by atomic mass is 9.79. The van der Waals surface area contributed by atoms with E-state index in [0.717, 1.165) is 33.4 Å². The molecule has 1 aliphatic carbocycles. The highest BCUT2D eigenvalue weighted by Gasteiger charge is 2.49. The highest BCUT2D eigenvalue weighted by atomic mass is 16.5. The van der Waals surface area contributed by atoms with Gasteiger partial charge in [0.2, 0.25) is 0 Å². The summed E-state index contributed by atoms with van der Waals surface area (Å²) in [5.41, 5.74) is 5.34. The molecule has 0 atom stereocenters. The largest absolute Gasteiger partial charge is 0.427 e. The van der Waals surface area contributed by atoms with Crippen molar-refractivity contribution in [3.63, 3.8) is 0 Å². The Morgan fingerprint density at radius 2 is 1.56 bits per heavy atom. The number of ketones is 1. The van der Waals surface area contributed by atoms with Crippen LogP contribution in [0.5, 0.6) is 0 Å². The molecule has 1 heterocycles. The van der Waals surface area contributed by atoms with Crippen molar-refractivity contribution in [1.82, 2.24) is 5.32 Å². The normalized spacial score (nSPS) is 17.6. The molecule has 0 radical (unpaired) electrons. The molecule has 0 bridgehead atoms. The van der Waals surface area contributed by atoms with E-state index in [9.17, 15) is 14.4 Å². The number of aryl methyl sites for hydroxylation is 4. The molecule has 0 aromatic heterocycles. The molecule has 1 spiro atoms. The Bertz CT molecular complexity index is 1150. The molecule has 0 saturated heterocycles. The SMILES string of the molecule is Cc1ccc(C)c(CC(=O)OC2=C(c3cc(C)ccc3C)C(=O)NC23CCC(=O)CC3)c1. The van der Waals surface area contributed by atoms with Crippen LogP contribution in [-0.2, 0) is 25.5 Å². The second-order valence-electron chi connectivity index (χ2n) is 9.18. The summed E-state index contributed by atoms with van der Waals surface area (Å²) in [7, 11) is 0. The Kier molecular flexibility index (Phi) is 5.76. The van der Waals surface area contributed by atoms with E-state index in [-0.39, 0.29) is 18.1 Å². The van der Waals surface area contributed by atoms with Crippen molar-refractivity contribution in [3.05, 3.63) is 75.5 Å². The van der Waals surface area contributed by atoms with Gasteiger partial charge < -0.3 is 10.1 Å². The lowest BCUT2D eigenvalue weighted by Crippen LogP contribution is -2.48. The third-order valence-corrected chi connectivity index (χ3v) is 6.62. The second-order valence-corrected chi connectivity index (χ2v) is 9.18. The first-order valence-electron chi connectivity index (χ1n) is 11.1. The highest BCUT2D eigenvalue weighted by Crippen LogP contribution is 2.43. The van der Waals surface area contributed by atoms with Crippen molar-refractivity contribution in [2.24, 2.45) is 0 Å². The van der Waals surface area contributed by atoms with Gasteiger partial charge in [0.15, 0.2) is 0 Å². The highest BCUT2D eigenvalue weighted by molar-refractivity contribution is 6.24. The van der Waals surface area contributed by atoms with Gasteiger partial charge in [-0.2, -0.15) is 0 Å². The third kappa shape index (κ3) is 4.12. The first kappa shape index (κ1) is 22.0. The molecule has 166 valence electrons. The molecule has 1 saturated carbocycles. The minimum atomic E-state index is -0.812. The van der Waals surface area contributed by atoms with Gasteiger partial charge in [-0.3, -0.25) is 14.4 Å². The molecule has 1 N–H and O–H groups in total. The number of ether oxygens (including phenoxy) is 1. The van der Waals surface area contributed by atoms with Crippen LogP contribution in [0, 0.1) is 27.7 Å². The molecule has 1 fully saturated rings. The van der Waals surface area contributed by atoms with E-state index in [0.29, 0.717) is 37.0 Å². The molecule has 1 amide bonds. The molecule has 0 unspecified atom stereocenters. The summed E-state index contributed by atoms with van der Waals surface area (Å²) in [5, 5.41) is 3.08. The van der Waals surface area contributed by atoms with E-state index in [4.69, 9.17) is 4.74 Å². The molecule has 2 aromatic carbocycles. The number of carbonyl (C=O) groups is 3. The first-order chi connectivity index (χ1) is 15.2. The van der Waals surface area contributed by atoms with Crippen LogP contribution < -0.4 is 5.32 Å². The molecular weight excluding hydrogens is 402 g/mol. The fourth-order valence-corrected chi connectivity index (χ4v) is 4.68. The van der Waals surface area contributed by atoms with Gasteiger partial charge in [-0.15, -0.1) is 0 Å². The lowest BCUT2D eigenvalue weighted by Gasteiger charge is -2.34. The predicted molar refractivity (Wildman–Crippen MR) is 123 cm³/mol. The molecule has 32 heavy (non-hydrogen) atoms. The zero-order valence-electron chi connectivity index (χ0n) is 19.1. The number of Topliss-reactive ketones (excluding diaryl/α,β-unsaturated/α-hetero) is 1. The third-order valence-electron chi connectivity index (χ3n) is 6.62. The Morgan fingerprint density at radius 1 is 0.938 bits per heavy atom. The summed E-state index contributed by atoms with van der Waals surface area (Å²) in [6.45, 7) is 7.87. The Balaban J connectivity index is 1.76. The van der Waals surface area contributed by atoms with Crippen molar-refractivity contribution in [3.8, 4) is 0 Å². The van der Waals surface area contributed by atoms with Crippen molar-refractivity contribution < 1.29 is 19.1 Å². The van der Waals surface area contributed by atoms with Crippen LogP contribution in [0.15, 0.2) is 42.2 Å². The van der Waals surface area contributed by atoms with Crippen molar-refractivity contribution >= 4 is 23.2 Å². The monoisotopic (exact) mass is 431 g/mol. The smallest absolute Gasteiger partial charge is 0.315 e. The Morgan fingerprint density at radius 3 is 2.25 bits per heavy atom. The topological polar surface area (TPSA) is 72.5 Å². The van der Waals surface area contributed by atoms with Crippen molar-refractivity contribution in [2.45, 2.75) is 65.3 Å². The average molecular weight is 432 g/mol. The number of hydrogen-bond donors (Lipinski definition) is 1. The van der Waals surface area contributed by atoms with Crippen LogP contribution >= 0.6 is 0 Å². The van der Waals surface area contributed by atoms with E-state index in [1.165, 1.54) is 0 Å². The number of rotatable bonds is 4.